The number of amides is 1. The number of Topliss-reactive ketones (excluding diaryl/α,β-unsaturated/α-hetero) is 1. The molecule has 12 heteroatoms. The van der Waals surface area contributed by atoms with Crippen LogP contribution in [0.3, 0.4) is 0 Å². The van der Waals surface area contributed by atoms with E-state index in [1.165, 1.54) is 51.5 Å². The number of phenolic OH excluding ortho intramolecular Hbond substituents is 1. The van der Waals surface area contributed by atoms with E-state index < -0.39 is 23.5 Å². The van der Waals surface area contributed by atoms with E-state index in [4.69, 9.17) is 11.6 Å². The van der Waals surface area contributed by atoms with E-state index in [0.717, 1.165) is 5.56 Å². The molecule has 4 aromatic rings. The molecule has 1 atom stereocenters. The Hall–Kier alpha value is -3.25. The molecular weight excluding hydrogens is 552 g/mol. The molecule has 0 radical (unpaired) electrons. The van der Waals surface area contributed by atoms with Gasteiger partial charge in [-0.05, 0) is 49.2 Å². The number of thioether (sulfide) groups is 1. The maximum atomic E-state index is 13.6. The Balaban J connectivity index is 1.50. The van der Waals surface area contributed by atoms with Crippen molar-refractivity contribution >= 4 is 62.9 Å². The third-order valence-electron chi connectivity index (χ3n) is 5.65. The largest absolute Gasteiger partial charge is 0.508 e. The third-order valence-corrected chi connectivity index (χ3v) is 9.10. The molecule has 188 valence electrons. The number of thiazole rings is 1. The average molecular weight is 571 g/mol. The van der Waals surface area contributed by atoms with Crippen molar-refractivity contribution in [1.82, 2.24) is 15.2 Å². The van der Waals surface area contributed by atoms with Crippen molar-refractivity contribution in [2.45, 2.75) is 30.0 Å². The molecule has 0 saturated carbocycles. The monoisotopic (exact) mass is 570 g/mol. The van der Waals surface area contributed by atoms with Gasteiger partial charge in [0.1, 0.15) is 5.75 Å². The third kappa shape index (κ3) is 4.99. The highest BCUT2D eigenvalue weighted by Crippen LogP contribution is 2.44. The summed E-state index contributed by atoms with van der Waals surface area (Å²) in [6.45, 7) is 3.50. The number of aliphatic hydroxyl groups is 1. The molecule has 5 rings (SSSR count). The fourth-order valence-electron chi connectivity index (χ4n) is 3.95. The van der Waals surface area contributed by atoms with E-state index in [1.807, 2.05) is 24.3 Å². The first-order chi connectivity index (χ1) is 17.7. The summed E-state index contributed by atoms with van der Waals surface area (Å²) in [5.74, 6) is -1.20. The summed E-state index contributed by atoms with van der Waals surface area (Å²) >= 11 is 9.80. The van der Waals surface area contributed by atoms with Crippen molar-refractivity contribution in [1.29, 1.82) is 0 Å². The van der Waals surface area contributed by atoms with Crippen LogP contribution in [0.2, 0.25) is 5.02 Å². The van der Waals surface area contributed by atoms with Crippen molar-refractivity contribution in [3.8, 4) is 5.75 Å². The predicted molar refractivity (Wildman–Crippen MR) is 145 cm³/mol. The minimum absolute atomic E-state index is 0.0337. The van der Waals surface area contributed by atoms with Crippen LogP contribution in [0.4, 0.5) is 5.13 Å². The van der Waals surface area contributed by atoms with Crippen LogP contribution < -0.4 is 4.90 Å². The second-order valence-corrected chi connectivity index (χ2v) is 12.0. The summed E-state index contributed by atoms with van der Waals surface area (Å²) in [6, 6.07) is 12.7. The highest BCUT2D eigenvalue weighted by Gasteiger charge is 2.46. The molecule has 0 bridgehead atoms. The van der Waals surface area contributed by atoms with Gasteiger partial charge in [0.15, 0.2) is 10.1 Å². The molecule has 1 unspecified atom stereocenters. The summed E-state index contributed by atoms with van der Waals surface area (Å²) in [6.07, 6.45) is 0. The molecule has 0 fully saturated rings. The second-order valence-electron chi connectivity index (χ2n) is 8.17. The number of hydrogen-bond donors (Lipinski definition) is 2. The van der Waals surface area contributed by atoms with Gasteiger partial charge in [-0.1, -0.05) is 59.0 Å². The van der Waals surface area contributed by atoms with Crippen molar-refractivity contribution in [3.63, 3.8) is 0 Å². The van der Waals surface area contributed by atoms with Gasteiger partial charge in [-0.15, -0.1) is 21.5 Å². The quantitative estimate of drug-likeness (QED) is 0.157. The summed E-state index contributed by atoms with van der Waals surface area (Å²) in [5.41, 5.74) is 2.05. The van der Waals surface area contributed by atoms with Gasteiger partial charge in [0.2, 0.25) is 10.9 Å². The molecular formula is C25H19ClN4O4S3. The number of carbonyl (C=O) groups is 2. The van der Waals surface area contributed by atoms with Crippen molar-refractivity contribution < 1.29 is 19.8 Å². The molecule has 2 aromatic carbocycles. The molecule has 8 nitrogen and oxygen atoms in total. The smallest absolute Gasteiger partial charge is 0.296 e. The number of aliphatic hydroxyl groups excluding tert-OH is 1. The van der Waals surface area contributed by atoms with Gasteiger partial charge in [0.25, 0.3) is 5.91 Å². The number of carbonyl (C=O) groups excluding carboxylic acids is 2. The maximum absolute atomic E-state index is 13.6. The number of aromatic hydroxyl groups is 1. The Kier molecular flexibility index (Phi) is 7.04. The Morgan fingerprint density at radius 2 is 1.76 bits per heavy atom. The first-order valence-corrected chi connectivity index (χ1v) is 14.0. The first kappa shape index (κ1) is 25.4. The molecule has 1 aliphatic rings. The zero-order valence-corrected chi connectivity index (χ0v) is 22.7. The van der Waals surface area contributed by atoms with Gasteiger partial charge in [-0.3, -0.25) is 14.5 Å². The molecule has 0 spiro atoms. The topological polar surface area (TPSA) is 117 Å². The van der Waals surface area contributed by atoms with Gasteiger partial charge >= 0.3 is 0 Å². The molecule has 1 amide bonds. The minimum atomic E-state index is -0.954. The Bertz CT molecular complexity index is 1530. The summed E-state index contributed by atoms with van der Waals surface area (Å²) in [4.78, 5) is 32.9. The fraction of sp³-hybridized carbons (Fsp3) is 0.160. The van der Waals surface area contributed by atoms with Gasteiger partial charge < -0.3 is 10.2 Å². The van der Waals surface area contributed by atoms with Crippen LogP contribution in [0.15, 0.2) is 64.2 Å². The van der Waals surface area contributed by atoms with E-state index in [0.29, 0.717) is 36.3 Å². The van der Waals surface area contributed by atoms with Gasteiger partial charge in [0.05, 0.1) is 27.2 Å². The molecule has 37 heavy (non-hydrogen) atoms. The van der Waals surface area contributed by atoms with Crippen molar-refractivity contribution in [3.05, 3.63) is 91.6 Å². The van der Waals surface area contributed by atoms with Gasteiger partial charge in [-0.25, -0.2) is 4.98 Å². The van der Waals surface area contributed by atoms with E-state index in [9.17, 15) is 19.8 Å². The number of anilines is 1. The van der Waals surface area contributed by atoms with E-state index in [-0.39, 0.29) is 16.5 Å². The lowest BCUT2D eigenvalue weighted by atomic mass is 9.95. The van der Waals surface area contributed by atoms with E-state index >= 15 is 0 Å². The normalized spacial score (nSPS) is 15.6. The molecule has 0 saturated heterocycles. The number of aryl methyl sites for hydroxylation is 2. The first-order valence-electron chi connectivity index (χ1n) is 11.0. The van der Waals surface area contributed by atoms with Crippen LogP contribution in [-0.4, -0.2) is 37.1 Å². The second kappa shape index (κ2) is 10.3. The Morgan fingerprint density at radius 1 is 1.05 bits per heavy atom. The number of phenols is 1. The van der Waals surface area contributed by atoms with E-state index in [1.54, 1.807) is 26.0 Å². The highest BCUT2D eigenvalue weighted by molar-refractivity contribution is 8.00. The van der Waals surface area contributed by atoms with E-state index in [2.05, 4.69) is 15.2 Å². The lowest BCUT2D eigenvalue weighted by molar-refractivity contribution is -0.117. The number of nitrogens with zero attached hydrogens (tertiary/aromatic N) is 4. The van der Waals surface area contributed by atoms with Crippen LogP contribution in [-0.2, 0) is 10.5 Å². The van der Waals surface area contributed by atoms with Gasteiger partial charge in [-0.2, -0.15) is 0 Å². The van der Waals surface area contributed by atoms with Crippen molar-refractivity contribution in [2.75, 3.05) is 4.90 Å². The maximum Gasteiger partial charge on any atom is 0.296 e. The molecule has 1 aliphatic heterocycles. The summed E-state index contributed by atoms with van der Waals surface area (Å²) in [7, 11) is 0. The van der Waals surface area contributed by atoms with Crippen LogP contribution in [0, 0.1) is 13.8 Å². The number of aromatic nitrogens is 3. The lowest BCUT2D eigenvalue weighted by Crippen LogP contribution is -2.31. The number of rotatable bonds is 7. The SMILES string of the molecule is Cc1nc(C)c(C(=O)C2=C(O)C(=O)N(c3nnc(SCc4ccc(Cl)cc4)s3)C2c2ccc(O)cc2)s1. The molecule has 2 N–H and O–H groups in total. The number of hydrogen-bond acceptors (Lipinski definition) is 10. The lowest BCUT2D eigenvalue weighted by Gasteiger charge is -2.24. The van der Waals surface area contributed by atoms with Crippen LogP contribution in [0.5, 0.6) is 5.75 Å². The number of halogens is 1. The average Bonchev–Trinajstić information content (AvgIpc) is 3.55. The molecule has 0 aliphatic carbocycles. The highest BCUT2D eigenvalue weighted by atomic mass is 35.5. The summed E-state index contributed by atoms with van der Waals surface area (Å²) < 4.78 is 0.621. The Labute approximate surface area is 229 Å². The molecule has 3 heterocycles. The predicted octanol–water partition coefficient (Wildman–Crippen LogP) is 6.05. The van der Waals surface area contributed by atoms with Crippen LogP contribution in [0.25, 0.3) is 0 Å². The number of ketones is 1. The summed E-state index contributed by atoms with van der Waals surface area (Å²) in [5, 5.41) is 30.8. The van der Waals surface area contributed by atoms with Crippen LogP contribution in [0.1, 0.15) is 37.5 Å². The Morgan fingerprint density at radius 3 is 2.41 bits per heavy atom. The van der Waals surface area contributed by atoms with Crippen LogP contribution >= 0.6 is 46.0 Å². The standard InChI is InChI=1S/C25H19ClN4O4S3/c1-12-22(36-13(2)27-12)20(32)18-19(15-5-9-17(31)10-6-15)30(23(34)21(18)33)24-28-29-25(37-24)35-11-14-3-7-16(26)8-4-14/h3-10,19,31,33H,11H2,1-2H3. The zero-order chi connectivity index (χ0) is 26.3. The molecule has 2 aromatic heterocycles. The van der Waals surface area contributed by atoms with Gasteiger partial charge in [0, 0.05) is 10.8 Å². The zero-order valence-electron chi connectivity index (χ0n) is 19.5. The fourth-order valence-corrected chi connectivity index (χ4v) is 6.78. The number of benzene rings is 2. The van der Waals surface area contributed by atoms with Crippen molar-refractivity contribution in [2.24, 2.45) is 0 Å². The minimum Gasteiger partial charge on any atom is -0.508 e.